The number of rotatable bonds is 4. The summed E-state index contributed by atoms with van der Waals surface area (Å²) in [6, 6.07) is 10.1. The first-order chi connectivity index (χ1) is 9.10. The zero-order valence-corrected chi connectivity index (χ0v) is 12.0. The Hall–Kier alpha value is -1.74. The molecule has 2 rings (SSSR count). The van der Waals surface area contributed by atoms with Crippen molar-refractivity contribution in [2.75, 3.05) is 12.4 Å². The number of hydrogen-bond donors (Lipinski definition) is 1. The molecule has 1 N–H and O–H groups in total. The Bertz CT molecular complexity index is 572. The van der Waals surface area contributed by atoms with Gasteiger partial charge in [-0.25, -0.2) is 4.98 Å². The van der Waals surface area contributed by atoms with Crippen LogP contribution >= 0.6 is 11.6 Å². The minimum atomic E-state index is 0.121. The van der Waals surface area contributed by atoms with E-state index in [-0.39, 0.29) is 6.04 Å². The van der Waals surface area contributed by atoms with Crippen LogP contribution in [0.15, 0.2) is 36.5 Å². The van der Waals surface area contributed by atoms with Crippen molar-refractivity contribution in [3.05, 3.63) is 52.8 Å². The van der Waals surface area contributed by atoms with E-state index >= 15 is 0 Å². The SMILES string of the molecule is COc1cccc(C(C)Nc2cc(C)cnc2Cl)c1. The van der Waals surface area contributed by atoms with Crippen molar-refractivity contribution in [1.29, 1.82) is 0 Å². The molecule has 1 heterocycles. The molecular formula is C15H17ClN2O. The van der Waals surface area contributed by atoms with Gasteiger partial charge < -0.3 is 10.1 Å². The summed E-state index contributed by atoms with van der Waals surface area (Å²) in [7, 11) is 1.67. The molecule has 1 aromatic heterocycles. The Morgan fingerprint density at radius 3 is 2.84 bits per heavy atom. The van der Waals surface area contributed by atoms with Gasteiger partial charge in [0.25, 0.3) is 0 Å². The number of pyridine rings is 1. The molecule has 2 aromatic rings. The minimum absolute atomic E-state index is 0.121. The van der Waals surface area contributed by atoms with E-state index in [9.17, 15) is 0 Å². The molecule has 0 saturated carbocycles. The van der Waals surface area contributed by atoms with Gasteiger partial charge in [-0.2, -0.15) is 0 Å². The molecule has 3 nitrogen and oxygen atoms in total. The number of halogens is 1. The zero-order chi connectivity index (χ0) is 13.8. The largest absolute Gasteiger partial charge is 0.497 e. The van der Waals surface area contributed by atoms with Crippen LogP contribution in [-0.4, -0.2) is 12.1 Å². The number of ether oxygens (including phenoxy) is 1. The van der Waals surface area contributed by atoms with Gasteiger partial charge in [0, 0.05) is 12.2 Å². The fourth-order valence-electron chi connectivity index (χ4n) is 1.88. The summed E-state index contributed by atoms with van der Waals surface area (Å²) in [5.41, 5.74) is 3.05. The van der Waals surface area contributed by atoms with Crippen LogP contribution in [0, 0.1) is 6.92 Å². The highest BCUT2D eigenvalue weighted by molar-refractivity contribution is 6.31. The Labute approximate surface area is 118 Å². The number of aromatic nitrogens is 1. The van der Waals surface area contributed by atoms with Crippen LogP contribution in [0.4, 0.5) is 5.69 Å². The summed E-state index contributed by atoms with van der Waals surface area (Å²) in [4.78, 5) is 4.14. The number of aryl methyl sites for hydroxylation is 1. The molecule has 4 heteroatoms. The Kier molecular flexibility index (Phi) is 4.27. The molecule has 1 unspecified atom stereocenters. The highest BCUT2D eigenvalue weighted by Crippen LogP contribution is 2.26. The van der Waals surface area contributed by atoms with Crippen LogP contribution in [0.1, 0.15) is 24.1 Å². The van der Waals surface area contributed by atoms with Crippen LogP contribution in [-0.2, 0) is 0 Å². The van der Waals surface area contributed by atoms with E-state index in [1.807, 2.05) is 31.2 Å². The average Bonchev–Trinajstić information content (AvgIpc) is 2.43. The van der Waals surface area contributed by atoms with Gasteiger partial charge in [-0.15, -0.1) is 0 Å². The number of hydrogen-bond acceptors (Lipinski definition) is 3. The highest BCUT2D eigenvalue weighted by Gasteiger charge is 2.09. The Balaban J connectivity index is 2.20. The van der Waals surface area contributed by atoms with Crippen LogP contribution in [0.5, 0.6) is 5.75 Å². The number of methoxy groups -OCH3 is 1. The van der Waals surface area contributed by atoms with Gasteiger partial charge >= 0.3 is 0 Å². The summed E-state index contributed by atoms with van der Waals surface area (Å²) < 4.78 is 5.23. The number of anilines is 1. The lowest BCUT2D eigenvalue weighted by Gasteiger charge is -2.17. The number of nitrogens with zero attached hydrogens (tertiary/aromatic N) is 1. The maximum Gasteiger partial charge on any atom is 0.152 e. The van der Waals surface area contributed by atoms with Crippen molar-refractivity contribution in [2.24, 2.45) is 0 Å². The molecule has 0 aliphatic carbocycles. The van der Waals surface area contributed by atoms with E-state index in [0.717, 1.165) is 22.6 Å². The minimum Gasteiger partial charge on any atom is -0.497 e. The van der Waals surface area contributed by atoms with Gasteiger partial charge in [0.05, 0.1) is 12.8 Å². The second-order valence-electron chi connectivity index (χ2n) is 4.49. The molecule has 0 bridgehead atoms. The van der Waals surface area contributed by atoms with Crippen LogP contribution in [0.3, 0.4) is 0 Å². The van der Waals surface area contributed by atoms with E-state index in [2.05, 4.69) is 23.3 Å². The Morgan fingerprint density at radius 1 is 1.32 bits per heavy atom. The molecule has 0 saturated heterocycles. The number of nitrogens with one attached hydrogen (secondary N) is 1. The van der Waals surface area contributed by atoms with Crippen molar-refractivity contribution in [2.45, 2.75) is 19.9 Å². The summed E-state index contributed by atoms with van der Waals surface area (Å²) in [5.74, 6) is 0.847. The molecule has 100 valence electrons. The summed E-state index contributed by atoms with van der Waals surface area (Å²) >= 11 is 6.09. The topological polar surface area (TPSA) is 34.1 Å². The predicted molar refractivity (Wildman–Crippen MR) is 79.0 cm³/mol. The molecule has 0 spiro atoms. The lowest BCUT2D eigenvalue weighted by molar-refractivity contribution is 0.414. The summed E-state index contributed by atoms with van der Waals surface area (Å²) in [6.07, 6.45) is 1.75. The van der Waals surface area contributed by atoms with Crippen molar-refractivity contribution in [1.82, 2.24) is 4.98 Å². The van der Waals surface area contributed by atoms with E-state index < -0.39 is 0 Å². The predicted octanol–water partition coefficient (Wildman–Crippen LogP) is 4.23. The average molecular weight is 277 g/mol. The second-order valence-corrected chi connectivity index (χ2v) is 4.85. The lowest BCUT2D eigenvalue weighted by atomic mass is 10.1. The fourth-order valence-corrected chi connectivity index (χ4v) is 2.04. The van der Waals surface area contributed by atoms with Gasteiger partial charge in [0.15, 0.2) is 5.15 Å². The summed E-state index contributed by atoms with van der Waals surface area (Å²) in [6.45, 7) is 4.07. The third-order valence-corrected chi connectivity index (χ3v) is 3.24. The van der Waals surface area contributed by atoms with Crippen LogP contribution in [0.2, 0.25) is 5.15 Å². The quantitative estimate of drug-likeness (QED) is 0.849. The van der Waals surface area contributed by atoms with E-state index in [1.54, 1.807) is 13.3 Å². The molecule has 0 fully saturated rings. The first kappa shape index (κ1) is 13.7. The first-order valence-corrected chi connectivity index (χ1v) is 6.50. The molecule has 19 heavy (non-hydrogen) atoms. The normalized spacial score (nSPS) is 12.0. The third kappa shape index (κ3) is 3.38. The third-order valence-electron chi connectivity index (χ3n) is 2.94. The van der Waals surface area contributed by atoms with Gasteiger partial charge in [-0.05, 0) is 43.2 Å². The van der Waals surface area contributed by atoms with Gasteiger partial charge in [0.1, 0.15) is 5.75 Å². The lowest BCUT2D eigenvalue weighted by Crippen LogP contribution is -2.07. The Morgan fingerprint density at radius 2 is 2.11 bits per heavy atom. The first-order valence-electron chi connectivity index (χ1n) is 6.13. The zero-order valence-electron chi connectivity index (χ0n) is 11.3. The van der Waals surface area contributed by atoms with Crippen molar-refractivity contribution in [3.8, 4) is 5.75 Å². The molecule has 1 aromatic carbocycles. The maximum absolute atomic E-state index is 6.09. The molecule has 0 amide bonds. The standard InChI is InChI=1S/C15H17ClN2O/c1-10-7-14(15(16)17-9-10)18-11(2)12-5-4-6-13(8-12)19-3/h4-9,11,18H,1-3H3. The number of benzene rings is 1. The second kappa shape index (κ2) is 5.93. The monoisotopic (exact) mass is 276 g/mol. The summed E-state index contributed by atoms with van der Waals surface area (Å²) in [5, 5.41) is 3.86. The van der Waals surface area contributed by atoms with E-state index in [4.69, 9.17) is 16.3 Å². The van der Waals surface area contributed by atoms with E-state index in [1.165, 1.54) is 0 Å². The fraction of sp³-hybridized carbons (Fsp3) is 0.267. The molecule has 0 aliphatic rings. The smallest absolute Gasteiger partial charge is 0.152 e. The van der Waals surface area contributed by atoms with Crippen LogP contribution < -0.4 is 10.1 Å². The molecule has 0 aliphatic heterocycles. The van der Waals surface area contributed by atoms with Gasteiger partial charge in [-0.1, -0.05) is 23.7 Å². The van der Waals surface area contributed by atoms with E-state index in [0.29, 0.717) is 5.15 Å². The van der Waals surface area contributed by atoms with Gasteiger partial charge in [-0.3, -0.25) is 0 Å². The van der Waals surface area contributed by atoms with Gasteiger partial charge in [0.2, 0.25) is 0 Å². The van der Waals surface area contributed by atoms with Crippen molar-refractivity contribution < 1.29 is 4.74 Å². The van der Waals surface area contributed by atoms with Crippen molar-refractivity contribution in [3.63, 3.8) is 0 Å². The highest BCUT2D eigenvalue weighted by atomic mass is 35.5. The van der Waals surface area contributed by atoms with Crippen molar-refractivity contribution >= 4 is 17.3 Å². The molecule has 1 atom stereocenters. The molecule has 0 radical (unpaired) electrons. The van der Waals surface area contributed by atoms with Crippen LogP contribution in [0.25, 0.3) is 0 Å². The maximum atomic E-state index is 6.09. The molecular weight excluding hydrogens is 260 g/mol.